The molecule has 3 rings (SSSR count). The van der Waals surface area contributed by atoms with Crippen LogP contribution in [0.4, 0.5) is 0 Å². The SMILES string of the molecule is COc1cc(C=NN2c3ccnc2c3)ccc1O. The van der Waals surface area contributed by atoms with Crippen LogP contribution in [0.1, 0.15) is 5.56 Å². The summed E-state index contributed by atoms with van der Waals surface area (Å²) in [6, 6.07) is 5.07. The smallest absolute Gasteiger partial charge is 0.161 e. The summed E-state index contributed by atoms with van der Waals surface area (Å²) in [5.41, 5.74) is 1.86. The van der Waals surface area contributed by atoms with Gasteiger partial charge in [-0.1, -0.05) is 0 Å². The minimum Gasteiger partial charge on any atom is -0.504 e. The fourth-order valence-electron chi connectivity index (χ4n) is 1.75. The van der Waals surface area contributed by atoms with Crippen LogP contribution in [0.25, 0.3) is 0 Å². The van der Waals surface area contributed by atoms with Crippen LogP contribution in [0.2, 0.25) is 0 Å². The average Bonchev–Trinajstić information content (AvgIpc) is 2.41. The maximum atomic E-state index is 9.48. The van der Waals surface area contributed by atoms with E-state index in [9.17, 15) is 5.11 Å². The van der Waals surface area contributed by atoms with Gasteiger partial charge in [0, 0.05) is 12.3 Å². The van der Waals surface area contributed by atoms with E-state index in [2.05, 4.69) is 10.1 Å². The molecule has 2 heterocycles. The van der Waals surface area contributed by atoms with Crippen molar-refractivity contribution < 1.29 is 9.84 Å². The Balaban J connectivity index is 1.80. The fraction of sp³-hybridized carbons (Fsp3) is 0.0769. The van der Waals surface area contributed by atoms with E-state index in [1.165, 1.54) is 7.11 Å². The molecule has 0 aliphatic carbocycles. The molecule has 5 nitrogen and oxygen atoms in total. The normalized spacial score (nSPS) is 16.4. The van der Waals surface area contributed by atoms with Crippen LogP contribution in [-0.4, -0.2) is 29.7 Å². The quantitative estimate of drug-likeness (QED) is 0.822. The van der Waals surface area contributed by atoms with Gasteiger partial charge in [0.05, 0.1) is 19.0 Å². The van der Waals surface area contributed by atoms with Crippen LogP contribution in [0, 0.1) is 0 Å². The van der Waals surface area contributed by atoms with Crippen LogP contribution in [-0.2, 0) is 0 Å². The number of hydrazone groups is 1. The molecule has 5 heteroatoms. The monoisotopic (exact) mass is 241 g/mol. The first kappa shape index (κ1) is 10.6. The number of hydrogen-bond acceptors (Lipinski definition) is 5. The van der Waals surface area contributed by atoms with Crippen molar-refractivity contribution in [3.8, 4) is 11.5 Å². The summed E-state index contributed by atoms with van der Waals surface area (Å²) in [6.45, 7) is 0. The first-order valence-corrected chi connectivity index (χ1v) is 5.45. The number of aliphatic imine (C=N–C) groups is 1. The zero-order chi connectivity index (χ0) is 12.5. The van der Waals surface area contributed by atoms with Gasteiger partial charge >= 0.3 is 0 Å². The lowest BCUT2D eigenvalue weighted by Gasteiger charge is -2.30. The van der Waals surface area contributed by atoms with Gasteiger partial charge in [-0.15, -0.1) is 0 Å². The number of aromatic hydroxyl groups is 1. The summed E-state index contributed by atoms with van der Waals surface area (Å²) in [5, 5.41) is 15.5. The number of ether oxygens (including phenoxy) is 1. The topological polar surface area (TPSA) is 57.4 Å². The Labute approximate surface area is 104 Å². The Morgan fingerprint density at radius 3 is 3.00 bits per heavy atom. The standard InChI is InChI=1S/C13H11N3O2/c1-18-12-6-9(2-3-11(12)17)8-15-16-10-4-5-14-13(16)7-10/h2-8,17H,1H3. The summed E-state index contributed by atoms with van der Waals surface area (Å²) < 4.78 is 5.04. The number of benzene rings is 1. The molecule has 18 heavy (non-hydrogen) atoms. The van der Waals surface area contributed by atoms with Crippen molar-refractivity contribution in [3.05, 3.63) is 47.4 Å². The molecular formula is C13H11N3O2. The number of phenolic OH excluding ortho intramolecular Hbond substituents is 1. The molecule has 0 radical (unpaired) electrons. The third-order valence-corrected chi connectivity index (χ3v) is 2.72. The lowest BCUT2D eigenvalue weighted by atomic mass is 10.2. The largest absolute Gasteiger partial charge is 0.504 e. The molecule has 2 bridgehead atoms. The van der Waals surface area contributed by atoms with Gasteiger partial charge in [-0.25, -0.2) is 10.0 Å². The second-order valence-electron chi connectivity index (χ2n) is 3.86. The third-order valence-electron chi connectivity index (χ3n) is 2.72. The Hall–Kier alpha value is -2.56. The summed E-state index contributed by atoms with van der Waals surface area (Å²) in [5.74, 6) is 1.37. The fourth-order valence-corrected chi connectivity index (χ4v) is 1.75. The van der Waals surface area contributed by atoms with E-state index < -0.39 is 0 Å². The van der Waals surface area contributed by atoms with Crippen molar-refractivity contribution in [1.29, 1.82) is 0 Å². The van der Waals surface area contributed by atoms with E-state index in [0.29, 0.717) is 5.75 Å². The number of methoxy groups -OCH3 is 1. The molecule has 1 N–H and O–H groups in total. The Kier molecular flexibility index (Phi) is 2.37. The van der Waals surface area contributed by atoms with E-state index in [4.69, 9.17) is 4.74 Å². The number of fused-ring (bicyclic) bond motifs is 2. The zero-order valence-electron chi connectivity index (χ0n) is 9.74. The highest BCUT2D eigenvalue weighted by atomic mass is 16.5. The first-order valence-electron chi connectivity index (χ1n) is 5.45. The summed E-state index contributed by atoms with van der Waals surface area (Å²) in [7, 11) is 1.51. The first-order chi connectivity index (χ1) is 8.78. The minimum atomic E-state index is 0.116. The number of phenols is 1. The molecule has 1 aromatic rings. The van der Waals surface area contributed by atoms with Crippen molar-refractivity contribution in [2.45, 2.75) is 0 Å². The maximum Gasteiger partial charge on any atom is 0.161 e. The van der Waals surface area contributed by atoms with Gasteiger partial charge in [-0.3, -0.25) is 0 Å². The Bertz CT molecular complexity index is 603. The van der Waals surface area contributed by atoms with E-state index in [0.717, 1.165) is 17.1 Å². The highest BCUT2D eigenvalue weighted by molar-refractivity contribution is 5.82. The molecule has 0 aromatic heterocycles. The molecule has 0 amide bonds. The van der Waals surface area contributed by atoms with E-state index >= 15 is 0 Å². The van der Waals surface area contributed by atoms with Gasteiger partial charge in [-0.05, 0) is 29.8 Å². The molecule has 0 unspecified atom stereocenters. The number of allylic oxidation sites excluding steroid dienone is 2. The van der Waals surface area contributed by atoms with Crippen LogP contribution in [0.3, 0.4) is 0 Å². The second-order valence-corrected chi connectivity index (χ2v) is 3.86. The molecule has 0 spiro atoms. The number of rotatable bonds is 3. The average molecular weight is 241 g/mol. The van der Waals surface area contributed by atoms with Gasteiger partial charge in [0.2, 0.25) is 0 Å². The van der Waals surface area contributed by atoms with Crippen molar-refractivity contribution in [2.24, 2.45) is 10.1 Å². The van der Waals surface area contributed by atoms with Crippen LogP contribution >= 0.6 is 0 Å². The highest BCUT2D eigenvalue weighted by Gasteiger charge is 2.23. The molecule has 0 atom stereocenters. The molecule has 0 saturated carbocycles. The van der Waals surface area contributed by atoms with Gasteiger partial charge in [0.1, 0.15) is 0 Å². The Morgan fingerprint density at radius 2 is 2.33 bits per heavy atom. The molecule has 1 aromatic carbocycles. The minimum absolute atomic E-state index is 0.116. The second kappa shape index (κ2) is 4.03. The van der Waals surface area contributed by atoms with Crippen molar-refractivity contribution in [1.82, 2.24) is 5.01 Å². The van der Waals surface area contributed by atoms with Crippen molar-refractivity contribution in [3.63, 3.8) is 0 Å². The van der Waals surface area contributed by atoms with E-state index in [1.54, 1.807) is 35.6 Å². The van der Waals surface area contributed by atoms with E-state index in [1.807, 2.05) is 12.2 Å². The summed E-state index contributed by atoms with van der Waals surface area (Å²) >= 11 is 0. The van der Waals surface area contributed by atoms with Gasteiger partial charge in [0.25, 0.3) is 0 Å². The maximum absolute atomic E-state index is 9.48. The zero-order valence-corrected chi connectivity index (χ0v) is 9.74. The molecular weight excluding hydrogens is 230 g/mol. The Morgan fingerprint density at radius 1 is 1.44 bits per heavy atom. The summed E-state index contributed by atoms with van der Waals surface area (Å²) in [6.07, 6.45) is 7.29. The lowest BCUT2D eigenvalue weighted by Crippen LogP contribution is -2.25. The molecule has 2 aliphatic heterocycles. The third kappa shape index (κ3) is 1.66. The van der Waals surface area contributed by atoms with Crippen LogP contribution in [0.15, 0.2) is 52.0 Å². The van der Waals surface area contributed by atoms with Crippen molar-refractivity contribution in [2.75, 3.05) is 7.11 Å². The van der Waals surface area contributed by atoms with Gasteiger partial charge in [-0.2, -0.15) is 5.10 Å². The number of hydrogen-bond donors (Lipinski definition) is 1. The van der Waals surface area contributed by atoms with Crippen molar-refractivity contribution >= 4 is 12.4 Å². The molecule has 0 fully saturated rings. The molecule has 90 valence electrons. The van der Waals surface area contributed by atoms with Crippen LogP contribution < -0.4 is 4.74 Å². The van der Waals surface area contributed by atoms with Gasteiger partial charge in [0.15, 0.2) is 17.3 Å². The van der Waals surface area contributed by atoms with Gasteiger partial charge < -0.3 is 9.84 Å². The molecule has 2 aliphatic rings. The molecule has 0 saturated heterocycles. The predicted octanol–water partition coefficient (Wildman–Crippen LogP) is 1.86. The lowest BCUT2D eigenvalue weighted by molar-refractivity contribution is 0.373. The number of nitrogens with zero attached hydrogens (tertiary/aromatic N) is 3. The summed E-state index contributed by atoms with van der Waals surface area (Å²) in [4.78, 5) is 4.14. The predicted molar refractivity (Wildman–Crippen MR) is 68.7 cm³/mol. The highest BCUT2D eigenvalue weighted by Crippen LogP contribution is 2.30. The van der Waals surface area contributed by atoms with E-state index in [-0.39, 0.29) is 5.75 Å². The van der Waals surface area contributed by atoms with Crippen LogP contribution in [0.5, 0.6) is 11.5 Å².